The number of aliphatic hydroxyl groups is 1. The Morgan fingerprint density at radius 3 is 2.12 bits per heavy atom. The van der Waals surface area contributed by atoms with Crippen LogP contribution in [0.4, 0.5) is 0 Å². The van der Waals surface area contributed by atoms with Crippen LogP contribution in [0.1, 0.15) is 25.7 Å². The van der Waals surface area contributed by atoms with Gasteiger partial charge in [-0.3, -0.25) is 0 Å². The molecule has 140 valence electrons. The first-order valence-corrected chi connectivity index (χ1v) is 10.4. The Kier molecular flexibility index (Phi) is 8.04. The summed E-state index contributed by atoms with van der Waals surface area (Å²) < 4.78 is 27.5. The Hall–Kier alpha value is -1.95. The first-order valence-electron chi connectivity index (χ1n) is 8.97. The monoisotopic (exact) mass is 373 g/mol. The molecule has 0 saturated heterocycles. The normalized spacial score (nSPS) is 11.6. The van der Waals surface area contributed by atoms with Crippen molar-refractivity contribution in [2.75, 3.05) is 19.7 Å². The van der Waals surface area contributed by atoms with E-state index in [1.807, 2.05) is 42.5 Å². The Morgan fingerprint density at radius 2 is 1.50 bits per heavy atom. The predicted octanol–water partition coefficient (Wildman–Crippen LogP) is 4.08. The summed E-state index contributed by atoms with van der Waals surface area (Å²) in [5.41, 5.74) is 2.05. The highest BCUT2D eigenvalue weighted by molar-refractivity contribution is 7.89. The van der Waals surface area contributed by atoms with E-state index in [-0.39, 0.29) is 6.61 Å². The van der Waals surface area contributed by atoms with E-state index >= 15 is 0 Å². The van der Waals surface area contributed by atoms with Gasteiger partial charge in [-0.15, -0.1) is 6.58 Å². The Morgan fingerprint density at radius 1 is 0.885 bits per heavy atom. The predicted molar refractivity (Wildman–Crippen MR) is 106 cm³/mol. The van der Waals surface area contributed by atoms with Gasteiger partial charge in [0.2, 0.25) is 10.0 Å². The van der Waals surface area contributed by atoms with Crippen LogP contribution in [0.25, 0.3) is 11.1 Å². The average molecular weight is 374 g/mol. The van der Waals surface area contributed by atoms with Crippen molar-refractivity contribution < 1.29 is 13.5 Å². The molecular weight excluding hydrogens is 346 g/mol. The van der Waals surface area contributed by atoms with E-state index in [9.17, 15) is 8.42 Å². The molecule has 0 atom stereocenters. The Bertz CT molecular complexity index is 771. The van der Waals surface area contributed by atoms with Crippen molar-refractivity contribution in [2.24, 2.45) is 0 Å². The molecule has 1 N–H and O–H groups in total. The minimum absolute atomic E-state index is 0.0757. The van der Waals surface area contributed by atoms with Crippen molar-refractivity contribution in [3.63, 3.8) is 0 Å². The van der Waals surface area contributed by atoms with Gasteiger partial charge in [0.1, 0.15) is 0 Å². The summed E-state index contributed by atoms with van der Waals surface area (Å²) in [6.45, 7) is 4.64. The second kappa shape index (κ2) is 10.3. The second-order valence-corrected chi connectivity index (χ2v) is 8.09. The Labute approximate surface area is 156 Å². The fourth-order valence-corrected chi connectivity index (χ4v) is 4.28. The lowest BCUT2D eigenvalue weighted by Crippen LogP contribution is -2.33. The second-order valence-electron chi connectivity index (χ2n) is 6.16. The van der Waals surface area contributed by atoms with Gasteiger partial charge in [-0.2, -0.15) is 4.31 Å². The lowest BCUT2D eigenvalue weighted by atomic mass is 10.1. The molecule has 2 rings (SSSR count). The van der Waals surface area contributed by atoms with E-state index in [4.69, 9.17) is 5.11 Å². The number of aliphatic hydroxyl groups excluding tert-OH is 1. The van der Waals surface area contributed by atoms with Crippen molar-refractivity contribution in [2.45, 2.75) is 30.6 Å². The van der Waals surface area contributed by atoms with E-state index in [0.29, 0.717) is 30.8 Å². The third-order valence-electron chi connectivity index (χ3n) is 4.23. The molecule has 0 fully saturated rings. The Balaban J connectivity index is 2.19. The lowest BCUT2D eigenvalue weighted by molar-refractivity contribution is 0.276. The molecule has 0 unspecified atom stereocenters. The molecule has 0 spiro atoms. The van der Waals surface area contributed by atoms with Gasteiger partial charge in [0.25, 0.3) is 0 Å². The number of unbranched alkanes of at least 4 members (excludes halogenated alkanes) is 2. The molecular formula is C21H27NO3S. The van der Waals surface area contributed by atoms with Gasteiger partial charge in [-0.05, 0) is 48.9 Å². The highest BCUT2D eigenvalue weighted by atomic mass is 32.2. The molecule has 2 aromatic carbocycles. The SMILES string of the molecule is C=CCCCN(CCCCO)S(=O)(=O)c1ccc(-c2ccccc2)cc1. The summed E-state index contributed by atoms with van der Waals surface area (Å²) in [6, 6.07) is 16.9. The minimum Gasteiger partial charge on any atom is -0.396 e. The topological polar surface area (TPSA) is 57.6 Å². The summed E-state index contributed by atoms with van der Waals surface area (Å²) in [5.74, 6) is 0. The molecule has 0 heterocycles. The number of benzene rings is 2. The highest BCUT2D eigenvalue weighted by Gasteiger charge is 2.23. The van der Waals surface area contributed by atoms with Crippen LogP contribution < -0.4 is 0 Å². The van der Waals surface area contributed by atoms with Gasteiger partial charge in [0.05, 0.1) is 4.90 Å². The number of hydrogen-bond donors (Lipinski definition) is 1. The number of rotatable bonds is 11. The lowest BCUT2D eigenvalue weighted by Gasteiger charge is -2.22. The zero-order chi connectivity index (χ0) is 18.8. The van der Waals surface area contributed by atoms with Crippen molar-refractivity contribution in [1.82, 2.24) is 4.31 Å². The zero-order valence-electron chi connectivity index (χ0n) is 15.0. The van der Waals surface area contributed by atoms with E-state index in [2.05, 4.69) is 6.58 Å². The number of sulfonamides is 1. The number of hydrogen-bond acceptors (Lipinski definition) is 3. The molecule has 0 bridgehead atoms. The van der Waals surface area contributed by atoms with Crippen LogP contribution in [0.15, 0.2) is 72.1 Å². The van der Waals surface area contributed by atoms with Crippen molar-refractivity contribution in [1.29, 1.82) is 0 Å². The smallest absolute Gasteiger partial charge is 0.243 e. The first kappa shape index (κ1) is 20.4. The van der Waals surface area contributed by atoms with Gasteiger partial charge < -0.3 is 5.11 Å². The molecule has 2 aromatic rings. The highest BCUT2D eigenvalue weighted by Crippen LogP contribution is 2.23. The van der Waals surface area contributed by atoms with Gasteiger partial charge in [0.15, 0.2) is 0 Å². The van der Waals surface area contributed by atoms with Gasteiger partial charge in [-0.25, -0.2) is 8.42 Å². The molecule has 0 aromatic heterocycles. The van der Waals surface area contributed by atoms with Crippen LogP contribution in [0.2, 0.25) is 0 Å². The molecule has 0 amide bonds. The van der Waals surface area contributed by atoms with E-state index < -0.39 is 10.0 Å². The van der Waals surface area contributed by atoms with Crippen molar-refractivity contribution in [3.05, 3.63) is 67.3 Å². The summed E-state index contributed by atoms with van der Waals surface area (Å²) in [5, 5.41) is 8.97. The molecule has 5 heteroatoms. The summed E-state index contributed by atoms with van der Waals surface area (Å²) in [7, 11) is -3.54. The molecule has 26 heavy (non-hydrogen) atoms. The van der Waals surface area contributed by atoms with Crippen LogP contribution >= 0.6 is 0 Å². The van der Waals surface area contributed by atoms with E-state index in [1.165, 1.54) is 4.31 Å². The zero-order valence-corrected chi connectivity index (χ0v) is 15.9. The molecule has 4 nitrogen and oxygen atoms in total. The van der Waals surface area contributed by atoms with Crippen LogP contribution in [0.5, 0.6) is 0 Å². The fourth-order valence-electron chi connectivity index (χ4n) is 2.76. The quantitative estimate of drug-likeness (QED) is 0.477. The van der Waals surface area contributed by atoms with Crippen LogP contribution in [-0.2, 0) is 10.0 Å². The molecule has 0 aliphatic carbocycles. The fraction of sp³-hybridized carbons (Fsp3) is 0.333. The van der Waals surface area contributed by atoms with Gasteiger partial charge in [0, 0.05) is 19.7 Å². The van der Waals surface area contributed by atoms with E-state index in [1.54, 1.807) is 18.2 Å². The summed E-state index contributed by atoms with van der Waals surface area (Å²) in [4.78, 5) is 0.305. The van der Waals surface area contributed by atoms with Crippen LogP contribution in [0, 0.1) is 0 Å². The third kappa shape index (κ3) is 5.53. The van der Waals surface area contributed by atoms with Gasteiger partial charge in [-0.1, -0.05) is 48.5 Å². The minimum atomic E-state index is -3.54. The molecule has 0 aliphatic rings. The number of allylic oxidation sites excluding steroid dienone is 1. The maximum absolute atomic E-state index is 13.0. The average Bonchev–Trinajstić information content (AvgIpc) is 2.68. The largest absolute Gasteiger partial charge is 0.396 e. The molecule has 0 aliphatic heterocycles. The van der Waals surface area contributed by atoms with Gasteiger partial charge >= 0.3 is 0 Å². The standard InChI is InChI=1S/C21H27NO3S/c1-2-3-7-16-22(17-8-9-18-23)26(24,25)21-14-12-20(13-15-21)19-10-5-4-6-11-19/h2,4-6,10-15,23H,1,3,7-9,16-18H2. The number of nitrogens with zero attached hydrogens (tertiary/aromatic N) is 1. The van der Waals surface area contributed by atoms with Crippen molar-refractivity contribution >= 4 is 10.0 Å². The summed E-state index contributed by atoms with van der Waals surface area (Å²) >= 11 is 0. The van der Waals surface area contributed by atoms with Crippen molar-refractivity contribution in [3.8, 4) is 11.1 Å². The maximum atomic E-state index is 13.0. The van der Waals surface area contributed by atoms with Crippen LogP contribution in [-0.4, -0.2) is 37.5 Å². The first-order chi connectivity index (χ1) is 12.6. The molecule has 0 saturated carbocycles. The molecule has 0 radical (unpaired) electrons. The summed E-state index contributed by atoms with van der Waals surface area (Å²) in [6.07, 6.45) is 4.56. The third-order valence-corrected chi connectivity index (χ3v) is 6.14. The van der Waals surface area contributed by atoms with Crippen LogP contribution in [0.3, 0.4) is 0 Å². The van der Waals surface area contributed by atoms with E-state index in [0.717, 1.165) is 24.0 Å². The maximum Gasteiger partial charge on any atom is 0.243 e.